The lowest BCUT2D eigenvalue weighted by molar-refractivity contribution is 0.105. The third-order valence-corrected chi connectivity index (χ3v) is 4.67. The first-order chi connectivity index (χ1) is 12.8. The van der Waals surface area contributed by atoms with Crippen LogP contribution in [-0.2, 0) is 0 Å². The summed E-state index contributed by atoms with van der Waals surface area (Å²) in [6, 6.07) is 23.1. The summed E-state index contributed by atoms with van der Waals surface area (Å²) in [5.74, 6) is 1.42. The van der Waals surface area contributed by atoms with Crippen LogP contribution in [0.15, 0.2) is 72.8 Å². The van der Waals surface area contributed by atoms with Crippen molar-refractivity contribution < 1.29 is 14.3 Å². The molecule has 3 nitrogen and oxygen atoms in total. The molecule has 26 heavy (non-hydrogen) atoms. The average molecular weight is 342 g/mol. The van der Waals surface area contributed by atoms with Crippen LogP contribution in [0.4, 0.5) is 0 Å². The zero-order valence-corrected chi connectivity index (χ0v) is 14.7. The predicted molar refractivity (Wildman–Crippen MR) is 103 cm³/mol. The average Bonchev–Trinajstić information content (AvgIpc) is 3.00. The molecule has 0 N–H and O–H groups in total. The van der Waals surface area contributed by atoms with Gasteiger partial charge in [-0.25, -0.2) is 0 Å². The molecule has 0 aromatic heterocycles. The minimum absolute atomic E-state index is 0.00556. The predicted octanol–water partition coefficient (Wildman–Crippen LogP) is 4.86. The van der Waals surface area contributed by atoms with E-state index in [2.05, 4.69) is 0 Å². The summed E-state index contributed by atoms with van der Waals surface area (Å²) in [5, 5.41) is 0. The Bertz CT molecular complexity index is 1030. The van der Waals surface area contributed by atoms with Crippen molar-refractivity contribution in [1.82, 2.24) is 0 Å². The van der Waals surface area contributed by atoms with Crippen molar-refractivity contribution in [2.45, 2.75) is 0 Å². The van der Waals surface area contributed by atoms with E-state index < -0.39 is 0 Å². The van der Waals surface area contributed by atoms with Crippen molar-refractivity contribution in [2.24, 2.45) is 0 Å². The molecule has 0 bridgehead atoms. The van der Waals surface area contributed by atoms with Crippen LogP contribution in [-0.4, -0.2) is 20.0 Å². The molecule has 0 spiro atoms. The van der Waals surface area contributed by atoms with Gasteiger partial charge in [0.05, 0.1) is 14.2 Å². The van der Waals surface area contributed by atoms with E-state index in [-0.39, 0.29) is 5.78 Å². The molecule has 3 heteroatoms. The Hall–Kier alpha value is -3.33. The summed E-state index contributed by atoms with van der Waals surface area (Å²) in [7, 11) is 3.26. The number of methoxy groups -OCH3 is 2. The Morgan fingerprint density at radius 1 is 0.538 bits per heavy atom. The molecule has 3 aromatic rings. The number of Topliss-reactive ketones (excluding diaryl/α,β-unsaturated/α-hetero) is 1. The Labute approximate surface area is 152 Å². The molecule has 0 unspecified atom stereocenters. The monoisotopic (exact) mass is 342 g/mol. The number of carbonyl (C=O) groups excluding carboxylic acids is 1. The molecule has 0 radical (unpaired) electrons. The van der Waals surface area contributed by atoms with E-state index in [1.165, 1.54) is 0 Å². The van der Waals surface area contributed by atoms with Crippen molar-refractivity contribution in [3.05, 3.63) is 95.1 Å². The lowest BCUT2D eigenvalue weighted by Crippen LogP contribution is -2.01. The van der Waals surface area contributed by atoms with Gasteiger partial charge in [0.2, 0.25) is 0 Å². The number of rotatable bonds is 4. The Balaban J connectivity index is 2.09. The van der Waals surface area contributed by atoms with Crippen LogP contribution in [0.2, 0.25) is 0 Å². The van der Waals surface area contributed by atoms with E-state index in [9.17, 15) is 4.79 Å². The fourth-order valence-corrected chi connectivity index (χ4v) is 3.52. The molecule has 0 fully saturated rings. The highest BCUT2D eigenvalue weighted by Gasteiger charge is 2.33. The van der Waals surface area contributed by atoms with Gasteiger partial charge in [0.1, 0.15) is 11.5 Å². The van der Waals surface area contributed by atoms with Gasteiger partial charge in [0.25, 0.3) is 0 Å². The summed E-state index contributed by atoms with van der Waals surface area (Å²) in [6.45, 7) is 0. The Kier molecular flexibility index (Phi) is 4.05. The number of benzene rings is 3. The maximum atomic E-state index is 13.3. The second-order valence-corrected chi connectivity index (χ2v) is 6.03. The molecule has 0 saturated carbocycles. The van der Waals surface area contributed by atoms with Gasteiger partial charge in [-0.05, 0) is 17.7 Å². The molecule has 4 rings (SSSR count). The van der Waals surface area contributed by atoms with Crippen LogP contribution in [0.1, 0.15) is 27.0 Å². The smallest absolute Gasteiger partial charge is 0.195 e. The first-order valence-electron chi connectivity index (χ1n) is 8.41. The van der Waals surface area contributed by atoms with Gasteiger partial charge >= 0.3 is 0 Å². The first kappa shape index (κ1) is 16.2. The molecule has 3 aromatic carbocycles. The molecule has 0 heterocycles. The largest absolute Gasteiger partial charge is 0.496 e. The standard InChI is InChI=1S/C23H18O3/c1-25-19-13-7-5-11-17(19)21-15-9-3-4-10-16(15)23(24)22(21)18-12-6-8-14-20(18)26-2/h3-14H,1-2H3. The summed E-state index contributed by atoms with van der Waals surface area (Å²) in [6.07, 6.45) is 0. The van der Waals surface area contributed by atoms with Crippen molar-refractivity contribution in [3.63, 3.8) is 0 Å². The van der Waals surface area contributed by atoms with Crippen molar-refractivity contribution in [2.75, 3.05) is 14.2 Å². The number of hydrogen-bond donors (Lipinski definition) is 0. The number of carbonyl (C=O) groups is 1. The summed E-state index contributed by atoms with van der Waals surface area (Å²) in [4.78, 5) is 13.3. The van der Waals surface area contributed by atoms with Gasteiger partial charge in [-0.2, -0.15) is 0 Å². The van der Waals surface area contributed by atoms with E-state index in [0.717, 1.165) is 28.0 Å². The van der Waals surface area contributed by atoms with Crippen molar-refractivity contribution in [3.8, 4) is 11.5 Å². The molecule has 128 valence electrons. The normalized spacial score (nSPS) is 12.9. The molecule has 1 aliphatic carbocycles. The van der Waals surface area contributed by atoms with Crippen LogP contribution in [0.25, 0.3) is 11.1 Å². The van der Waals surface area contributed by atoms with Gasteiger partial charge in [0.15, 0.2) is 5.78 Å². The van der Waals surface area contributed by atoms with Gasteiger partial charge in [0, 0.05) is 27.8 Å². The van der Waals surface area contributed by atoms with E-state index in [4.69, 9.17) is 9.47 Å². The van der Waals surface area contributed by atoms with E-state index >= 15 is 0 Å². The number of ketones is 1. The zero-order valence-electron chi connectivity index (χ0n) is 14.7. The highest BCUT2D eigenvalue weighted by molar-refractivity contribution is 6.42. The van der Waals surface area contributed by atoms with E-state index in [1.807, 2.05) is 72.8 Å². The van der Waals surface area contributed by atoms with E-state index in [1.54, 1.807) is 14.2 Å². The maximum absolute atomic E-state index is 13.3. The fraction of sp³-hybridized carbons (Fsp3) is 0.0870. The highest BCUT2D eigenvalue weighted by Crippen LogP contribution is 2.46. The SMILES string of the molecule is COc1ccccc1C1=C(c2ccccc2OC)c2ccccc2C1=O. The molecular weight excluding hydrogens is 324 g/mol. The van der Waals surface area contributed by atoms with Gasteiger partial charge in [-0.15, -0.1) is 0 Å². The van der Waals surface area contributed by atoms with Crippen LogP contribution in [0.5, 0.6) is 11.5 Å². The third-order valence-electron chi connectivity index (χ3n) is 4.67. The minimum Gasteiger partial charge on any atom is -0.496 e. The van der Waals surface area contributed by atoms with E-state index in [0.29, 0.717) is 16.9 Å². The minimum atomic E-state index is 0.00556. The van der Waals surface area contributed by atoms with Crippen LogP contribution in [0, 0.1) is 0 Å². The molecular formula is C23H18O3. The zero-order chi connectivity index (χ0) is 18.1. The third kappa shape index (κ3) is 2.40. The topological polar surface area (TPSA) is 35.5 Å². The molecule has 0 amide bonds. The summed E-state index contributed by atoms with van der Waals surface area (Å²) >= 11 is 0. The Morgan fingerprint density at radius 2 is 0.962 bits per heavy atom. The Morgan fingerprint density at radius 3 is 1.50 bits per heavy atom. The molecule has 0 atom stereocenters. The second kappa shape index (κ2) is 6.52. The molecule has 1 aliphatic rings. The lowest BCUT2D eigenvalue weighted by Gasteiger charge is -2.14. The van der Waals surface area contributed by atoms with Crippen LogP contribution >= 0.6 is 0 Å². The number of allylic oxidation sites excluding steroid dienone is 1. The van der Waals surface area contributed by atoms with Crippen LogP contribution < -0.4 is 9.47 Å². The van der Waals surface area contributed by atoms with Crippen molar-refractivity contribution >= 4 is 16.9 Å². The number of hydrogen-bond acceptors (Lipinski definition) is 3. The lowest BCUT2D eigenvalue weighted by atomic mass is 9.93. The molecule has 0 saturated heterocycles. The maximum Gasteiger partial charge on any atom is 0.195 e. The van der Waals surface area contributed by atoms with Crippen molar-refractivity contribution in [1.29, 1.82) is 0 Å². The van der Waals surface area contributed by atoms with Gasteiger partial charge in [-0.3, -0.25) is 4.79 Å². The van der Waals surface area contributed by atoms with Gasteiger partial charge in [-0.1, -0.05) is 60.7 Å². The first-order valence-corrected chi connectivity index (χ1v) is 8.41. The van der Waals surface area contributed by atoms with Crippen LogP contribution in [0.3, 0.4) is 0 Å². The molecule has 0 aliphatic heterocycles. The number of fused-ring (bicyclic) bond motifs is 1. The van der Waals surface area contributed by atoms with Gasteiger partial charge < -0.3 is 9.47 Å². The summed E-state index contributed by atoms with van der Waals surface area (Å²) < 4.78 is 11.1. The quantitative estimate of drug-likeness (QED) is 0.679. The number of para-hydroxylation sites is 2. The highest BCUT2D eigenvalue weighted by atomic mass is 16.5. The number of ether oxygens (including phenoxy) is 2. The second-order valence-electron chi connectivity index (χ2n) is 6.03. The summed E-state index contributed by atoms with van der Waals surface area (Å²) in [5.41, 5.74) is 4.84. The fourth-order valence-electron chi connectivity index (χ4n) is 3.52.